The largest absolute Gasteiger partial charge is 0.383 e. The zero-order chi connectivity index (χ0) is 13.4. The maximum atomic E-state index is 12.4. The van der Waals surface area contributed by atoms with Crippen LogP contribution in [0.4, 0.5) is 0 Å². The molecule has 18 heavy (non-hydrogen) atoms. The van der Waals surface area contributed by atoms with Gasteiger partial charge in [0.2, 0.25) is 5.91 Å². The van der Waals surface area contributed by atoms with Gasteiger partial charge < -0.3 is 15.4 Å². The molecule has 1 aliphatic rings. The molecule has 2 N–H and O–H groups in total. The molecule has 6 heteroatoms. The third-order valence-corrected chi connectivity index (χ3v) is 4.90. The Morgan fingerprint density at radius 2 is 2.44 bits per heavy atom. The van der Waals surface area contributed by atoms with Crippen molar-refractivity contribution in [1.29, 1.82) is 0 Å². The van der Waals surface area contributed by atoms with E-state index in [1.165, 1.54) is 0 Å². The Morgan fingerprint density at radius 1 is 1.67 bits per heavy atom. The second-order valence-corrected chi connectivity index (χ2v) is 6.57. The van der Waals surface area contributed by atoms with E-state index >= 15 is 0 Å². The fraction of sp³-hybridized carbons (Fsp3) is 0.917. The first kappa shape index (κ1) is 16.1. The quantitative estimate of drug-likeness (QED) is 0.724. The highest BCUT2D eigenvalue weighted by atomic mass is 32.2. The van der Waals surface area contributed by atoms with Gasteiger partial charge in [0, 0.05) is 25.4 Å². The standard InChI is InChI=1S/C12H24N2O2S2/c1-16-6-5-14(10-3-8-18-9-10)12(15)11(13)4-7-17-2/h10-11H,3-9,13H2,1-2H3/t10?,11-/m0/s1. The molecule has 1 saturated heterocycles. The van der Waals surface area contributed by atoms with Gasteiger partial charge >= 0.3 is 0 Å². The molecule has 1 unspecified atom stereocenters. The average molecular weight is 292 g/mol. The van der Waals surface area contributed by atoms with Crippen LogP contribution in [0.1, 0.15) is 12.8 Å². The molecule has 0 spiro atoms. The summed E-state index contributed by atoms with van der Waals surface area (Å²) < 4.78 is 5.10. The summed E-state index contributed by atoms with van der Waals surface area (Å²) in [6.07, 6.45) is 3.87. The van der Waals surface area contributed by atoms with E-state index in [1.807, 2.05) is 22.9 Å². The van der Waals surface area contributed by atoms with E-state index in [0.717, 1.165) is 30.1 Å². The maximum Gasteiger partial charge on any atom is 0.239 e. The van der Waals surface area contributed by atoms with Gasteiger partial charge in [-0.15, -0.1) is 0 Å². The Bertz CT molecular complexity index is 248. The Morgan fingerprint density at radius 3 is 3.00 bits per heavy atom. The number of rotatable bonds is 8. The lowest BCUT2D eigenvalue weighted by Gasteiger charge is -2.30. The lowest BCUT2D eigenvalue weighted by Crippen LogP contribution is -2.50. The number of carbonyl (C=O) groups is 1. The lowest BCUT2D eigenvalue weighted by molar-refractivity contribution is -0.135. The zero-order valence-electron chi connectivity index (χ0n) is 11.3. The first-order valence-electron chi connectivity index (χ1n) is 6.32. The van der Waals surface area contributed by atoms with Crippen LogP contribution in [-0.4, -0.2) is 66.7 Å². The van der Waals surface area contributed by atoms with Crippen molar-refractivity contribution in [3.05, 3.63) is 0 Å². The molecule has 0 radical (unpaired) electrons. The first-order valence-corrected chi connectivity index (χ1v) is 8.87. The van der Waals surface area contributed by atoms with E-state index in [1.54, 1.807) is 18.9 Å². The molecule has 1 heterocycles. The molecule has 0 aromatic carbocycles. The van der Waals surface area contributed by atoms with Crippen molar-refractivity contribution in [2.24, 2.45) is 5.73 Å². The molecule has 2 atom stereocenters. The summed E-state index contributed by atoms with van der Waals surface area (Å²) in [6, 6.07) is -0.0158. The van der Waals surface area contributed by atoms with Crippen LogP contribution in [0.25, 0.3) is 0 Å². The molecule has 1 rings (SSSR count). The van der Waals surface area contributed by atoms with E-state index < -0.39 is 0 Å². The van der Waals surface area contributed by atoms with Crippen LogP contribution in [0, 0.1) is 0 Å². The Kier molecular flexibility index (Phi) is 8.13. The van der Waals surface area contributed by atoms with Crippen LogP contribution in [0.15, 0.2) is 0 Å². The molecule has 1 amide bonds. The summed E-state index contributed by atoms with van der Waals surface area (Å²) in [7, 11) is 1.67. The van der Waals surface area contributed by atoms with Crippen LogP contribution < -0.4 is 5.73 Å². The summed E-state index contributed by atoms with van der Waals surface area (Å²) in [5.41, 5.74) is 5.99. The molecule has 0 bridgehead atoms. The van der Waals surface area contributed by atoms with Crippen LogP contribution in [0.2, 0.25) is 0 Å². The zero-order valence-corrected chi connectivity index (χ0v) is 12.9. The van der Waals surface area contributed by atoms with Crippen molar-refractivity contribution in [3.8, 4) is 0 Å². The summed E-state index contributed by atoms with van der Waals surface area (Å²) in [5.74, 6) is 3.20. The molecular weight excluding hydrogens is 268 g/mol. The molecule has 106 valence electrons. The molecule has 0 saturated carbocycles. The molecule has 4 nitrogen and oxygen atoms in total. The highest BCUT2D eigenvalue weighted by Gasteiger charge is 2.29. The fourth-order valence-corrected chi connectivity index (χ4v) is 3.73. The number of amides is 1. The van der Waals surface area contributed by atoms with Gasteiger partial charge in [-0.2, -0.15) is 23.5 Å². The number of methoxy groups -OCH3 is 1. The second-order valence-electron chi connectivity index (χ2n) is 4.43. The molecule has 1 fully saturated rings. The topological polar surface area (TPSA) is 55.6 Å². The van der Waals surface area contributed by atoms with Crippen molar-refractivity contribution in [3.63, 3.8) is 0 Å². The Labute approximate surface area is 118 Å². The number of thioether (sulfide) groups is 2. The van der Waals surface area contributed by atoms with Gasteiger partial charge in [-0.05, 0) is 30.6 Å². The van der Waals surface area contributed by atoms with E-state index in [2.05, 4.69) is 0 Å². The van der Waals surface area contributed by atoms with Gasteiger partial charge in [-0.1, -0.05) is 0 Å². The summed E-state index contributed by atoms with van der Waals surface area (Å²) in [6.45, 7) is 1.25. The highest BCUT2D eigenvalue weighted by Crippen LogP contribution is 2.23. The number of hydrogen-bond donors (Lipinski definition) is 1. The Hall–Kier alpha value is 0.0900. The molecule has 1 aliphatic heterocycles. The lowest BCUT2D eigenvalue weighted by atomic mass is 10.1. The molecule has 0 aromatic rings. The highest BCUT2D eigenvalue weighted by molar-refractivity contribution is 7.99. The Balaban J connectivity index is 2.53. The van der Waals surface area contributed by atoms with Gasteiger partial charge in [-0.3, -0.25) is 4.79 Å². The first-order chi connectivity index (χ1) is 8.70. The third-order valence-electron chi connectivity index (χ3n) is 3.12. The minimum Gasteiger partial charge on any atom is -0.383 e. The number of carbonyl (C=O) groups excluding carboxylic acids is 1. The van der Waals surface area contributed by atoms with Crippen molar-refractivity contribution in [1.82, 2.24) is 4.90 Å². The van der Waals surface area contributed by atoms with E-state index in [-0.39, 0.29) is 11.9 Å². The SMILES string of the molecule is COCCN(C(=O)[C@@H](N)CCSC)C1CCSC1. The summed E-state index contributed by atoms with van der Waals surface area (Å²) >= 11 is 3.64. The van der Waals surface area contributed by atoms with E-state index in [9.17, 15) is 4.79 Å². The van der Waals surface area contributed by atoms with Crippen molar-refractivity contribution in [2.75, 3.05) is 43.8 Å². The van der Waals surface area contributed by atoms with Crippen LogP contribution in [-0.2, 0) is 9.53 Å². The summed E-state index contributed by atoms with van der Waals surface area (Å²) in [5, 5.41) is 0. The van der Waals surface area contributed by atoms with Crippen molar-refractivity contribution < 1.29 is 9.53 Å². The predicted octanol–water partition coefficient (Wildman–Crippen LogP) is 1.05. The van der Waals surface area contributed by atoms with E-state index in [0.29, 0.717) is 19.2 Å². The number of nitrogens with two attached hydrogens (primary N) is 1. The second kappa shape index (κ2) is 9.07. The van der Waals surface area contributed by atoms with Gasteiger partial charge in [-0.25, -0.2) is 0 Å². The van der Waals surface area contributed by atoms with Crippen molar-refractivity contribution >= 4 is 29.4 Å². The van der Waals surface area contributed by atoms with Gasteiger partial charge in [0.1, 0.15) is 0 Å². The molecular formula is C12H24N2O2S2. The van der Waals surface area contributed by atoms with Crippen LogP contribution >= 0.6 is 23.5 Å². The van der Waals surface area contributed by atoms with Gasteiger partial charge in [0.05, 0.1) is 12.6 Å². The number of nitrogens with zero attached hydrogens (tertiary/aromatic N) is 1. The molecule has 0 aliphatic carbocycles. The number of hydrogen-bond acceptors (Lipinski definition) is 5. The van der Waals surface area contributed by atoms with Crippen LogP contribution in [0.3, 0.4) is 0 Å². The molecule has 0 aromatic heterocycles. The predicted molar refractivity (Wildman–Crippen MR) is 80.3 cm³/mol. The number of ether oxygens (including phenoxy) is 1. The fourth-order valence-electron chi connectivity index (χ4n) is 2.01. The van der Waals surface area contributed by atoms with E-state index in [4.69, 9.17) is 10.5 Å². The maximum absolute atomic E-state index is 12.4. The van der Waals surface area contributed by atoms with Gasteiger partial charge in [0.15, 0.2) is 0 Å². The van der Waals surface area contributed by atoms with Crippen LogP contribution in [0.5, 0.6) is 0 Å². The minimum absolute atomic E-state index is 0.0913. The smallest absolute Gasteiger partial charge is 0.239 e. The van der Waals surface area contributed by atoms with Crippen molar-refractivity contribution in [2.45, 2.75) is 24.9 Å². The third kappa shape index (κ3) is 4.99. The average Bonchev–Trinajstić information content (AvgIpc) is 2.90. The normalized spacial score (nSPS) is 20.9. The summed E-state index contributed by atoms with van der Waals surface area (Å²) in [4.78, 5) is 14.3. The minimum atomic E-state index is -0.361. The van der Waals surface area contributed by atoms with Gasteiger partial charge in [0.25, 0.3) is 0 Å². The monoisotopic (exact) mass is 292 g/mol.